The Morgan fingerprint density at radius 3 is 1.46 bits per heavy atom. The van der Waals surface area contributed by atoms with Gasteiger partial charge in [-0.3, -0.25) is 4.55 Å². The van der Waals surface area contributed by atoms with Gasteiger partial charge < -0.3 is 4.48 Å². The molecule has 24 heavy (non-hydrogen) atoms. The Morgan fingerprint density at radius 2 is 1.04 bits per heavy atom. The van der Waals surface area contributed by atoms with E-state index < -0.39 is 10.1 Å². The molecule has 0 fully saturated rings. The van der Waals surface area contributed by atoms with Crippen LogP contribution in [0.5, 0.6) is 0 Å². The lowest BCUT2D eigenvalue weighted by atomic mass is 10.1. The largest absolute Gasteiger partial charge is 0.328 e. The summed E-state index contributed by atoms with van der Waals surface area (Å²) in [7, 11) is 0.479. The molecule has 0 aromatic rings. The van der Waals surface area contributed by atoms with Crippen LogP contribution in [0.3, 0.4) is 0 Å². The van der Waals surface area contributed by atoms with Crippen molar-refractivity contribution in [1.29, 1.82) is 0 Å². The lowest BCUT2D eigenvalue weighted by Crippen LogP contribution is -2.41. The first-order valence-corrected chi connectivity index (χ1v) is 11.6. The van der Waals surface area contributed by atoms with Crippen LogP contribution in [0.25, 0.3) is 0 Å². The molecule has 0 heterocycles. The van der Waals surface area contributed by atoms with E-state index in [2.05, 4.69) is 21.0 Å². The minimum Gasteiger partial charge on any atom is -0.328 e. The molecule has 0 aromatic heterocycles. The van der Waals surface area contributed by atoms with E-state index in [1.165, 1.54) is 77.0 Å². The number of rotatable bonds is 17. The van der Waals surface area contributed by atoms with Gasteiger partial charge in [0.1, 0.15) is 0 Å². The second kappa shape index (κ2) is 14.1. The van der Waals surface area contributed by atoms with Gasteiger partial charge in [-0.15, -0.1) is 0 Å². The molecule has 0 bridgehead atoms. The van der Waals surface area contributed by atoms with Gasteiger partial charge in [-0.2, -0.15) is 8.42 Å². The smallest absolute Gasteiger partial charge is 0.265 e. The molecule has 5 heteroatoms. The first-order valence-electron chi connectivity index (χ1n) is 10.0. The summed E-state index contributed by atoms with van der Waals surface area (Å²) in [4.78, 5) is 0. The molecule has 0 spiro atoms. The Kier molecular flexibility index (Phi) is 14.0. The third kappa shape index (κ3) is 18.2. The summed E-state index contributed by atoms with van der Waals surface area (Å²) in [5.41, 5.74) is 0. The van der Waals surface area contributed by atoms with E-state index >= 15 is 0 Å². The van der Waals surface area contributed by atoms with Gasteiger partial charge in [0.15, 0.2) is 0 Å². The molecule has 0 rings (SSSR count). The van der Waals surface area contributed by atoms with Gasteiger partial charge in [0, 0.05) is 6.42 Å². The third-order valence-electron chi connectivity index (χ3n) is 4.78. The molecule has 0 aromatic carbocycles. The molecular formula is C19H42NO3S+. The number of quaternary nitrogens is 1. The highest BCUT2D eigenvalue weighted by Gasteiger charge is 2.16. The van der Waals surface area contributed by atoms with E-state index in [-0.39, 0.29) is 5.75 Å². The standard InChI is InChI=1S/C19H41NO3S/c1-4-5-6-7-8-9-10-11-12-13-14-15-17-20(2,3)18-16-19-24(21,22)23/h4-19H2,1-3H3/p+1. The fraction of sp³-hybridized carbons (Fsp3) is 1.00. The van der Waals surface area contributed by atoms with Crippen molar-refractivity contribution in [2.45, 2.75) is 90.4 Å². The molecule has 0 saturated carbocycles. The molecule has 0 aliphatic rings. The molecule has 0 saturated heterocycles. The average molecular weight is 365 g/mol. The molecule has 0 aliphatic heterocycles. The Labute approximate surface area is 151 Å². The van der Waals surface area contributed by atoms with Crippen molar-refractivity contribution in [3.05, 3.63) is 0 Å². The van der Waals surface area contributed by atoms with E-state index in [1.807, 2.05) is 0 Å². The molecule has 4 nitrogen and oxygen atoms in total. The zero-order valence-electron chi connectivity index (χ0n) is 16.4. The summed E-state index contributed by atoms with van der Waals surface area (Å²) >= 11 is 0. The van der Waals surface area contributed by atoms with Crippen LogP contribution >= 0.6 is 0 Å². The highest BCUT2D eigenvalue weighted by atomic mass is 32.2. The second-order valence-corrected chi connectivity index (χ2v) is 9.48. The average Bonchev–Trinajstić information content (AvgIpc) is 2.46. The van der Waals surface area contributed by atoms with Crippen LogP contribution in [0.4, 0.5) is 0 Å². The van der Waals surface area contributed by atoms with Crippen LogP contribution < -0.4 is 0 Å². The number of unbranched alkanes of at least 4 members (excludes halogenated alkanes) is 11. The minimum atomic E-state index is -3.80. The third-order valence-corrected chi connectivity index (χ3v) is 5.59. The van der Waals surface area contributed by atoms with Crippen molar-refractivity contribution in [2.24, 2.45) is 0 Å². The molecule has 1 N–H and O–H groups in total. The van der Waals surface area contributed by atoms with Crippen molar-refractivity contribution < 1.29 is 17.5 Å². The Balaban J connectivity index is 3.39. The molecule has 0 amide bonds. The van der Waals surface area contributed by atoms with Crippen LogP contribution in [0.15, 0.2) is 0 Å². The fourth-order valence-electron chi connectivity index (χ4n) is 3.17. The monoisotopic (exact) mass is 364 g/mol. The minimum absolute atomic E-state index is 0.118. The maximum absolute atomic E-state index is 10.7. The summed E-state index contributed by atoms with van der Waals surface area (Å²) < 4.78 is 31.1. The summed E-state index contributed by atoms with van der Waals surface area (Å²) in [5.74, 6) is -0.118. The van der Waals surface area contributed by atoms with Gasteiger partial charge in [0.05, 0.1) is 32.9 Å². The topological polar surface area (TPSA) is 54.4 Å². The quantitative estimate of drug-likeness (QED) is 0.223. The van der Waals surface area contributed by atoms with Crippen LogP contribution in [-0.2, 0) is 10.1 Å². The molecule has 146 valence electrons. The highest BCUT2D eigenvalue weighted by molar-refractivity contribution is 7.85. The number of nitrogens with zero attached hydrogens (tertiary/aromatic N) is 1. The zero-order valence-corrected chi connectivity index (χ0v) is 17.2. The Bertz CT molecular complexity index is 380. The molecule has 0 unspecified atom stereocenters. The lowest BCUT2D eigenvalue weighted by molar-refractivity contribution is -0.890. The van der Waals surface area contributed by atoms with Gasteiger partial charge in [0.25, 0.3) is 10.1 Å². The summed E-state index contributed by atoms with van der Waals surface area (Å²) in [5, 5.41) is 0. The van der Waals surface area contributed by atoms with Crippen molar-refractivity contribution in [1.82, 2.24) is 0 Å². The second-order valence-electron chi connectivity index (χ2n) is 7.91. The Hall–Kier alpha value is -0.130. The number of hydrogen-bond acceptors (Lipinski definition) is 2. The maximum atomic E-state index is 10.7. The van der Waals surface area contributed by atoms with Crippen molar-refractivity contribution >= 4 is 10.1 Å². The summed E-state index contributed by atoms with van der Waals surface area (Å²) in [6.07, 6.45) is 16.8. The van der Waals surface area contributed by atoms with Crippen molar-refractivity contribution in [2.75, 3.05) is 32.9 Å². The first kappa shape index (κ1) is 23.9. The molecule has 0 aliphatic carbocycles. The van der Waals surface area contributed by atoms with E-state index in [1.54, 1.807) is 0 Å². The lowest BCUT2D eigenvalue weighted by Gasteiger charge is -2.29. The van der Waals surface area contributed by atoms with E-state index in [4.69, 9.17) is 4.55 Å². The molecule has 0 radical (unpaired) electrons. The Morgan fingerprint density at radius 1 is 0.667 bits per heavy atom. The summed E-state index contributed by atoms with van der Waals surface area (Å²) in [6.45, 7) is 4.15. The maximum Gasteiger partial charge on any atom is 0.265 e. The van der Waals surface area contributed by atoms with Crippen LogP contribution in [-0.4, -0.2) is 50.4 Å². The normalized spacial score (nSPS) is 12.7. The van der Waals surface area contributed by atoms with Crippen molar-refractivity contribution in [3.8, 4) is 0 Å². The molecule has 0 atom stereocenters. The van der Waals surface area contributed by atoms with Gasteiger partial charge in [-0.1, -0.05) is 71.1 Å². The summed E-state index contributed by atoms with van der Waals surface area (Å²) in [6, 6.07) is 0. The van der Waals surface area contributed by atoms with Gasteiger partial charge in [-0.05, 0) is 12.8 Å². The fourth-order valence-corrected chi connectivity index (χ4v) is 3.66. The molecular weight excluding hydrogens is 322 g/mol. The van der Waals surface area contributed by atoms with Gasteiger partial charge in [-0.25, -0.2) is 0 Å². The van der Waals surface area contributed by atoms with Crippen LogP contribution in [0, 0.1) is 0 Å². The predicted molar refractivity (Wildman–Crippen MR) is 104 cm³/mol. The first-order chi connectivity index (χ1) is 11.3. The van der Waals surface area contributed by atoms with E-state index in [0.29, 0.717) is 6.42 Å². The zero-order chi connectivity index (χ0) is 18.3. The van der Waals surface area contributed by atoms with Gasteiger partial charge in [0.2, 0.25) is 0 Å². The highest BCUT2D eigenvalue weighted by Crippen LogP contribution is 2.13. The van der Waals surface area contributed by atoms with Gasteiger partial charge >= 0.3 is 0 Å². The SMILES string of the molecule is CCCCCCCCCCCCCC[N+](C)(C)CCCS(=O)(=O)O. The predicted octanol–water partition coefficient (Wildman–Crippen LogP) is 5.04. The van der Waals surface area contributed by atoms with E-state index in [9.17, 15) is 8.42 Å². The van der Waals surface area contributed by atoms with E-state index in [0.717, 1.165) is 17.6 Å². The van der Waals surface area contributed by atoms with Crippen LogP contribution in [0.1, 0.15) is 90.4 Å². The van der Waals surface area contributed by atoms with Crippen LogP contribution in [0.2, 0.25) is 0 Å². The number of hydrogen-bond donors (Lipinski definition) is 1. The van der Waals surface area contributed by atoms with Crippen molar-refractivity contribution in [3.63, 3.8) is 0 Å².